The van der Waals surface area contributed by atoms with E-state index in [1.54, 1.807) is 6.33 Å². The lowest BCUT2D eigenvalue weighted by Crippen LogP contribution is -2.47. The summed E-state index contributed by atoms with van der Waals surface area (Å²) in [5, 5.41) is 7.37. The van der Waals surface area contributed by atoms with Crippen LogP contribution >= 0.6 is 0 Å². The molecule has 7 heteroatoms. The van der Waals surface area contributed by atoms with Gasteiger partial charge in [0.1, 0.15) is 0 Å². The second-order valence-electron chi connectivity index (χ2n) is 8.23. The van der Waals surface area contributed by atoms with Crippen molar-refractivity contribution in [2.24, 2.45) is 5.92 Å². The number of imidazole rings is 1. The van der Waals surface area contributed by atoms with Crippen molar-refractivity contribution in [3.8, 4) is 0 Å². The molecule has 0 radical (unpaired) electrons. The van der Waals surface area contributed by atoms with Gasteiger partial charge >= 0.3 is 0 Å². The first kappa shape index (κ1) is 18.2. The Hall–Kier alpha value is -2.15. The van der Waals surface area contributed by atoms with Crippen LogP contribution < -0.4 is 0 Å². The van der Waals surface area contributed by atoms with Crippen LogP contribution in [0, 0.1) is 26.7 Å². The third kappa shape index (κ3) is 3.78. The molecule has 3 saturated heterocycles. The van der Waals surface area contributed by atoms with Crippen molar-refractivity contribution in [1.82, 2.24) is 30.0 Å². The van der Waals surface area contributed by atoms with Gasteiger partial charge in [-0.05, 0) is 45.1 Å². The van der Waals surface area contributed by atoms with Crippen LogP contribution in [0.3, 0.4) is 0 Å². The Morgan fingerprint density at radius 3 is 2.70 bits per heavy atom. The summed E-state index contributed by atoms with van der Waals surface area (Å²) in [5.41, 5.74) is 5.57. The average Bonchev–Trinajstić information content (AvgIpc) is 3.06. The van der Waals surface area contributed by atoms with Crippen LogP contribution in [-0.2, 0) is 17.8 Å². The predicted octanol–water partition coefficient (Wildman–Crippen LogP) is 2.11. The summed E-state index contributed by atoms with van der Waals surface area (Å²) >= 11 is 0. The highest BCUT2D eigenvalue weighted by Gasteiger charge is 2.37. The largest absolute Gasteiger partial charge is 0.348 e. The second kappa shape index (κ2) is 7.46. The molecule has 2 aromatic rings. The summed E-state index contributed by atoms with van der Waals surface area (Å²) in [6.07, 6.45) is 5.38. The van der Waals surface area contributed by atoms with E-state index in [1.165, 1.54) is 12.0 Å². The third-order valence-electron chi connectivity index (χ3n) is 6.35. The maximum absolute atomic E-state index is 13.0. The lowest BCUT2D eigenvalue weighted by Gasteiger charge is -2.36. The van der Waals surface area contributed by atoms with Gasteiger partial charge in [0, 0.05) is 56.5 Å². The molecule has 27 heavy (non-hydrogen) atoms. The maximum atomic E-state index is 13.0. The second-order valence-corrected chi connectivity index (χ2v) is 8.23. The van der Waals surface area contributed by atoms with Gasteiger partial charge in [0.2, 0.25) is 5.91 Å². The van der Waals surface area contributed by atoms with Crippen LogP contribution in [0.15, 0.2) is 6.33 Å². The van der Waals surface area contributed by atoms with Crippen molar-refractivity contribution < 1.29 is 4.79 Å². The molecular weight excluding hydrogens is 340 g/mol. The molecule has 3 fully saturated rings. The van der Waals surface area contributed by atoms with Crippen molar-refractivity contribution in [2.45, 2.75) is 59.0 Å². The summed E-state index contributed by atoms with van der Waals surface area (Å²) in [6.45, 7) is 9.95. The van der Waals surface area contributed by atoms with E-state index in [4.69, 9.17) is 0 Å². The summed E-state index contributed by atoms with van der Waals surface area (Å²) in [5.74, 6) is 0.851. The SMILES string of the molecule is Cc1[nH]cnc1CN1C[C@@H]2CC[C@H](C1)N(C(=O)CCc1n[nH]c(C)c1C)C2. The quantitative estimate of drug-likeness (QED) is 0.845. The predicted molar refractivity (Wildman–Crippen MR) is 103 cm³/mol. The first-order valence-electron chi connectivity index (χ1n) is 10.0. The first-order chi connectivity index (χ1) is 13.0. The van der Waals surface area contributed by atoms with Crippen molar-refractivity contribution in [3.05, 3.63) is 34.7 Å². The Labute approximate surface area is 160 Å². The Balaban J connectivity index is 1.39. The number of fused-ring (bicyclic) bond motifs is 4. The fraction of sp³-hybridized carbons (Fsp3) is 0.650. The Morgan fingerprint density at radius 1 is 1.15 bits per heavy atom. The van der Waals surface area contributed by atoms with Gasteiger partial charge in [-0.1, -0.05) is 0 Å². The van der Waals surface area contributed by atoms with Crippen LogP contribution in [-0.4, -0.2) is 61.5 Å². The molecule has 2 bridgehead atoms. The molecule has 2 aromatic heterocycles. The number of carbonyl (C=O) groups is 1. The average molecular weight is 371 g/mol. The summed E-state index contributed by atoms with van der Waals surface area (Å²) < 4.78 is 0. The van der Waals surface area contributed by atoms with E-state index in [0.29, 0.717) is 18.4 Å². The highest BCUT2D eigenvalue weighted by molar-refractivity contribution is 5.77. The molecule has 7 nitrogen and oxygen atoms in total. The number of aromatic amines is 2. The number of hydrogen-bond donors (Lipinski definition) is 2. The molecule has 1 amide bonds. The molecule has 2 atom stereocenters. The number of nitrogens with zero attached hydrogens (tertiary/aromatic N) is 4. The summed E-state index contributed by atoms with van der Waals surface area (Å²) in [6, 6.07) is 0.331. The molecule has 2 N–H and O–H groups in total. The maximum Gasteiger partial charge on any atom is 0.223 e. The van der Waals surface area contributed by atoms with Crippen LogP contribution in [0.2, 0.25) is 0 Å². The summed E-state index contributed by atoms with van der Waals surface area (Å²) in [7, 11) is 0. The van der Waals surface area contributed by atoms with Crippen LogP contribution in [0.1, 0.15) is 47.6 Å². The van der Waals surface area contributed by atoms with Crippen LogP contribution in [0.25, 0.3) is 0 Å². The normalized spacial score (nSPS) is 23.0. The van der Waals surface area contributed by atoms with Gasteiger partial charge in [-0.25, -0.2) is 4.98 Å². The minimum absolute atomic E-state index is 0.280. The van der Waals surface area contributed by atoms with Gasteiger partial charge in [-0.15, -0.1) is 0 Å². The molecule has 0 unspecified atom stereocenters. The van der Waals surface area contributed by atoms with Gasteiger partial charge in [0.15, 0.2) is 0 Å². The molecule has 0 spiro atoms. The number of amides is 1. The first-order valence-corrected chi connectivity index (χ1v) is 10.0. The minimum atomic E-state index is 0.280. The number of hydrogen-bond acceptors (Lipinski definition) is 4. The van der Waals surface area contributed by atoms with E-state index in [0.717, 1.165) is 61.8 Å². The van der Waals surface area contributed by atoms with E-state index in [2.05, 4.69) is 43.8 Å². The molecule has 0 aliphatic carbocycles. The van der Waals surface area contributed by atoms with Gasteiger partial charge < -0.3 is 9.88 Å². The molecule has 5 heterocycles. The fourth-order valence-corrected chi connectivity index (χ4v) is 4.52. The number of rotatable bonds is 5. The molecule has 146 valence electrons. The molecule has 3 aliphatic heterocycles. The third-order valence-corrected chi connectivity index (χ3v) is 6.35. The molecule has 0 aromatic carbocycles. The zero-order valence-corrected chi connectivity index (χ0v) is 16.6. The molecule has 5 rings (SSSR count). The number of carbonyl (C=O) groups excluding carboxylic acids is 1. The van der Waals surface area contributed by atoms with Gasteiger partial charge in [-0.2, -0.15) is 5.10 Å². The van der Waals surface area contributed by atoms with Gasteiger partial charge in [0.05, 0.1) is 17.7 Å². The van der Waals surface area contributed by atoms with Gasteiger partial charge in [0.25, 0.3) is 0 Å². The topological polar surface area (TPSA) is 80.9 Å². The van der Waals surface area contributed by atoms with Crippen molar-refractivity contribution in [3.63, 3.8) is 0 Å². The lowest BCUT2D eigenvalue weighted by atomic mass is 9.94. The van der Waals surface area contributed by atoms with E-state index in [-0.39, 0.29) is 5.91 Å². The zero-order chi connectivity index (χ0) is 19.0. The van der Waals surface area contributed by atoms with Crippen molar-refractivity contribution in [1.29, 1.82) is 0 Å². The Kier molecular flexibility index (Phi) is 5.04. The highest BCUT2D eigenvalue weighted by atomic mass is 16.2. The number of aryl methyl sites for hydroxylation is 3. The number of H-pyrrole nitrogens is 2. The van der Waals surface area contributed by atoms with Gasteiger partial charge in [-0.3, -0.25) is 14.8 Å². The fourth-order valence-electron chi connectivity index (χ4n) is 4.52. The standard InChI is InChI=1S/C20H30N6O/c1-13-14(2)23-24-18(13)6-7-20(27)26-9-16-4-5-17(26)10-25(8-16)11-19-15(3)21-12-22-19/h12,16-17H,4-11H2,1-3H3,(H,21,22)(H,23,24)/t16-,17+/m0/s1. The molecular formula is C20H30N6O. The Bertz CT molecular complexity index is 809. The number of piperidine rings is 1. The van der Waals surface area contributed by atoms with E-state index >= 15 is 0 Å². The van der Waals surface area contributed by atoms with Crippen molar-refractivity contribution >= 4 is 5.91 Å². The zero-order valence-electron chi connectivity index (χ0n) is 16.6. The van der Waals surface area contributed by atoms with Crippen LogP contribution in [0.4, 0.5) is 0 Å². The van der Waals surface area contributed by atoms with Crippen molar-refractivity contribution in [2.75, 3.05) is 19.6 Å². The van der Waals surface area contributed by atoms with E-state index in [1.807, 2.05) is 6.92 Å². The summed E-state index contributed by atoms with van der Waals surface area (Å²) in [4.78, 5) is 25.2. The Morgan fingerprint density at radius 2 is 2.00 bits per heavy atom. The van der Waals surface area contributed by atoms with Crippen LogP contribution in [0.5, 0.6) is 0 Å². The number of aromatic nitrogens is 4. The smallest absolute Gasteiger partial charge is 0.223 e. The van der Waals surface area contributed by atoms with E-state index in [9.17, 15) is 4.79 Å². The molecule has 3 aliphatic rings. The lowest BCUT2D eigenvalue weighted by molar-refractivity contribution is -0.135. The number of nitrogens with one attached hydrogen (secondary N) is 2. The van der Waals surface area contributed by atoms with E-state index < -0.39 is 0 Å². The minimum Gasteiger partial charge on any atom is -0.348 e. The monoisotopic (exact) mass is 370 g/mol. The molecule has 0 saturated carbocycles. The highest BCUT2D eigenvalue weighted by Crippen LogP contribution is 2.29.